The van der Waals surface area contributed by atoms with Crippen LogP contribution in [-0.4, -0.2) is 19.7 Å². The molecule has 0 N–H and O–H groups in total. The van der Waals surface area contributed by atoms with Crippen molar-refractivity contribution in [1.29, 1.82) is 0 Å². The van der Waals surface area contributed by atoms with Crippen molar-refractivity contribution in [3.05, 3.63) is 35.9 Å². The van der Waals surface area contributed by atoms with E-state index in [0.29, 0.717) is 0 Å². The predicted molar refractivity (Wildman–Crippen MR) is 47.7 cm³/mol. The minimum Gasteiger partial charge on any atom is -0.219 e. The summed E-state index contributed by atoms with van der Waals surface area (Å²) in [5.41, 5.74) is -0.296. The molecular formula is C9H6F3N4. The van der Waals surface area contributed by atoms with Crippen molar-refractivity contribution >= 4 is 0 Å². The molecule has 0 fully saturated rings. The molecule has 83 valence electrons. The Bertz CT molecular complexity index is 503. The average molecular weight is 227 g/mol. The van der Waals surface area contributed by atoms with E-state index in [4.69, 9.17) is 0 Å². The van der Waals surface area contributed by atoms with E-state index in [1.165, 1.54) is 17.1 Å². The molecule has 0 aliphatic heterocycles. The first kappa shape index (κ1) is 10.6. The molecule has 0 saturated carbocycles. The molecule has 0 aromatic carbocycles. The molecule has 0 aliphatic carbocycles. The van der Waals surface area contributed by atoms with Crippen LogP contribution in [0.3, 0.4) is 0 Å². The minimum atomic E-state index is -4.53. The zero-order chi connectivity index (χ0) is 11.8. The molecule has 0 aliphatic rings. The molecule has 0 spiro atoms. The van der Waals surface area contributed by atoms with E-state index in [2.05, 4.69) is 15.1 Å². The van der Waals surface area contributed by atoms with Crippen molar-refractivity contribution < 1.29 is 13.2 Å². The lowest BCUT2D eigenvalue weighted by molar-refractivity contribution is -0.141. The Hall–Kier alpha value is -1.92. The summed E-state index contributed by atoms with van der Waals surface area (Å²) in [7, 11) is 0. The zero-order valence-electron chi connectivity index (χ0n) is 8.15. The van der Waals surface area contributed by atoms with Crippen LogP contribution in [0, 0.1) is 13.0 Å². The molecule has 0 bridgehead atoms. The van der Waals surface area contributed by atoms with Crippen molar-refractivity contribution in [2.24, 2.45) is 0 Å². The SMILES string of the molecule is Cc1cnn(-c2nc[c]c(C(F)(F)F)n2)c1. The number of halogens is 3. The van der Waals surface area contributed by atoms with Crippen LogP contribution in [0.4, 0.5) is 13.2 Å². The fraction of sp³-hybridized carbons (Fsp3) is 0.222. The third-order valence-electron chi connectivity index (χ3n) is 1.78. The van der Waals surface area contributed by atoms with Crippen LogP contribution in [0.2, 0.25) is 0 Å². The molecule has 2 aromatic rings. The van der Waals surface area contributed by atoms with Crippen LogP contribution < -0.4 is 0 Å². The van der Waals surface area contributed by atoms with E-state index in [1.807, 2.05) is 6.07 Å². The van der Waals surface area contributed by atoms with Crippen molar-refractivity contribution in [3.8, 4) is 5.95 Å². The zero-order valence-corrected chi connectivity index (χ0v) is 8.15. The first-order valence-electron chi connectivity index (χ1n) is 4.30. The van der Waals surface area contributed by atoms with Crippen molar-refractivity contribution in [2.45, 2.75) is 13.1 Å². The van der Waals surface area contributed by atoms with Gasteiger partial charge in [-0.05, 0) is 12.5 Å². The maximum atomic E-state index is 12.3. The van der Waals surface area contributed by atoms with Crippen molar-refractivity contribution in [1.82, 2.24) is 19.7 Å². The van der Waals surface area contributed by atoms with Gasteiger partial charge in [-0.25, -0.2) is 14.6 Å². The molecule has 2 aromatic heterocycles. The van der Waals surface area contributed by atoms with Gasteiger partial charge in [-0.1, -0.05) is 0 Å². The van der Waals surface area contributed by atoms with E-state index >= 15 is 0 Å². The number of alkyl halides is 3. The van der Waals surface area contributed by atoms with Gasteiger partial charge in [0.25, 0.3) is 5.95 Å². The molecule has 0 saturated heterocycles. The van der Waals surface area contributed by atoms with Crippen LogP contribution in [-0.2, 0) is 6.18 Å². The van der Waals surface area contributed by atoms with Gasteiger partial charge >= 0.3 is 6.18 Å². The maximum absolute atomic E-state index is 12.3. The molecule has 4 nitrogen and oxygen atoms in total. The van der Waals surface area contributed by atoms with Crippen LogP contribution in [0.1, 0.15) is 11.3 Å². The average Bonchev–Trinajstić information content (AvgIpc) is 2.64. The largest absolute Gasteiger partial charge is 0.434 e. The molecule has 0 amide bonds. The summed E-state index contributed by atoms with van der Waals surface area (Å²) in [4.78, 5) is 7.01. The molecule has 2 heterocycles. The van der Waals surface area contributed by atoms with E-state index in [1.54, 1.807) is 6.92 Å². The van der Waals surface area contributed by atoms with E-state index in [-0.39, 0.29) is 5.95 Å². The lowest BCUT2D eigenvalue weighted by atomic mass is 10.4. The standard InChI is InChI=1S/C9H6F3N4/c1-6-4-14-16(5-6)8-13-3-2-7(15-8)9(10,11)12/h3-5H,1H3. The Morgan fingerprint density at radius 1 is 1.38 bits per heavy atom. The normalized spacial score (nSPS) is 11.8. The number of rotatable bonds is 1. The summed E-state index contributed by atoms with van der Waals surface area (Å²) in [6.07, 6.45) is -0.551. The second kappa shape index (κ2) is 3.58. The fourth-order valence-corrected chi connectivity index (χ4v) is 1.09. The van der Waals surface area contributed by atoms with Gasteiger partial charge in [0.2, 0.25) is 0 Å². The number of hydrogen-bond donors (Lipinski definition) is 0. The Labute approximate surface area is 88.8 Å². The van der Waals surface area contributed by atoms with Gasteiger partial charge < -0.3 is 0 Å². The van der Waals surface area contributed by atoms with E-state index in [0.717, 1.165) is 11.8 Å². The lowest BCUT2D eigenvalue weighted by Crippen LogP contribution is -2.12. The lowest BCUT2D eigenvalue weighted by Gasteiger charge is -2.05. The topological polar surface area (TPSA) is 43.6 Å². The number of hydrogen-bond acceptors (Lipinski definition) is 3. The quantitative estimate of drug-likeness (QED) is 0.745. The highest BCUT2D eigenvalue weighted by molar-refractivity contribution is 5.16. The van der Waals surface area contributed by atoms with Crippen molar-refractivity contribution in [2.75, 3.05) is 0 Å². The molecule has 0 unspecified atom stereocenters. The Kier molecular flexibility index (Phi) is 2.37. The Balaban J connectivity index is 2.44. The maximum Gasteiger partial charge on any atom is 0.434 e. The van der Waals surface area contributed by atoms with Crippen LogP contribution in [0.5, 0.6) is 0 Å². The van der Waals surface area contributed by atoms with Gasteiger partial charge in [0.15, 0.2) is 5.69 Å². The summed E-state index contributed by atoms with van der Waals surface area (Å²) in [5.74, 6) is -0.126. The number of aromatic nitrogens is 4. The molecule has 7 heteroatoms. The van der Waals surface area contributed by atoms with Gasteiger partial charge in [-0.15, -0.1) is 0 Å². The van der Waals surface area contributed by atoms with Crippen LogP contribution in [0.15, 0.2) is 18.6 Å². The summed E-state index contributed by atoms with van der Waals surface area (Å²) in [5, 5.41) is 3.82. The van der Waals surface area contributed by atoms with Crippen molar-refractivity contribution in [3.63, 3.8) is 0 Å². The monoisotopic (exact) mass is 227 g/mol. The Morgan fingerprint density at radius 3 is 2.69 bits per heavy atom. The van der Waals surface area contributed by atoms with Gasteiger partial charge in [-0.3, -0.25) is 0 Å². The van der Waals surface area contributed by atoms with Gasteiger partial charge in [0.1, 0.15) is 0 Å². The highest BCUT2D eigenvalue weighted by Gasteiger charge is 2.33. The van der Waals surface area contributed by atoms with E-state index in [9.17, 15) is 13.2 Å². The smallest absolute Gasteiger partial charge is 0.219 e. The highest BCUT2D eigenvalue weighted by Crippen LogP contribution is 2.26. The number of nitrogens with zero attached hydrogens (tertiary/aromatic N) is 4. The number of aryl methyl sites for hydroxylation is 1. The first-order chi connectivity index (χ1) is 7.47. The van der Waals surface area contributed by atoms with Crippen LogP contribution in [0.25, 0.3) is 5.95 Å². The summed E-state index contributed by atoms with van der Waals surface area (Å²) < 4.78 is 38.2. The van der Waals surface area contributed by atoms with Gasteiger partial charge in [-0.2, -0.15) is 18.3 Å². The summed E-state index contributed by atoms with van der Waals surface area (Å²) in [6, 6.07) is 1.94. The highest BCUT2D eigenvalue weighted by atomic mass is 19.4. The summed E-state index contributed by atoms with van der Waals surface area (Å²) >= 11 is 0. The fourth-order valence-electron chi connectivity index (χ4n) is 1.09. The third kappa shape index (κ3) is 2.02. The van der Waals surface area contributed by atoms with Crippen LogP contribution >= 0.6 is 0 Å². The summed E-state index contributed by atoms with van der Waals surface area (Å²) in [6.45, 7) is 1.77. The molecule has 0 atom stereocenters. The predicted octanol–water partition coefficient (Wildman–Crippen LogP) is 1.79. The third-order valence-corrected chi connectivity index (χ3v) is 1.78. The molecule has 2 rings (SSSR count). The molecule has 16 heavy (non-hydrogen) atoms. The Morgan fingerprint density at radius 2 is 2.12 bits per heavy atom. The van der Waals surface area contributed by atoms with Gasteiger partial charge in [0.05, 0.1) is 6.20 Å². The first-order valence-corrected chi connectivity index (χ1v) is 4.30. The molecular weight excluding hydrogens is 221 g/mol. The second-order valence-corrected chi connectivity index (χ2v) is 3.12. The second-order valence-electron chi connectivity index (χ2n) is 3.12. The van der Waals surface area contributed by atoms with E-state index < -0.39 is 11.9 Å². The minimum absolute atomic E-state index is 0.126. The van der Waals surface area contributed by atoms with Gasteiger partial charge in [0, 0.05) is 18.5 Å². The molecule has 1 radical (unpaired) electrons.